The van der Waals surface area contributed by atoms with Gasteiger partial charge in [-0.15, -0.1) is 12.6 Å². The van der Waals surface area contributed by atoms with Crippen molar-refractivity contribution >= 4 is 53.8 Å². The molecule has 0 bridgehead atoms. The second kappa shape index (κ2) is 16.6. The molecule has 0 saturated heterocycles. The summed E-state index contributed by atoms with van der Waals surface area (Å²) in [5.41, 5.74) is 5.30. The van der Waals surface area contributed by atoms with Crippen LogP contribution in [0, 0.1) is 0 Å². The van der Waals surface area contributed by atoms with Crippen LogP contribution < -0.4 is 0 Å². The first kappa shape index (κ1) is 21.2. The molecule has 2 aromatic carbocycles. The molecule has 0 spiro atoms. The average molecular weight is 367 g/mol. The lowest BCUT2D eigenvalue weighted by Crippen LogP contribution is -1.86. The summed E-state index contributed by atoms with van der Waals surface area (Å²) < 4.78 is 9.82. The summed E-state index contributed by atoms with van der Waals surface area (Å²) in [5.74, 6) is 0. The minimum atomic E-state index is 0.444. The topological polar surface area (TPSA) is 35.5 Å². The second-order valence-corrected chi connectivity index (χ2v) is 4.49. The maximum Gasteiger partial charge on any atom is 0.173 e. The SMILES string of the molecule is O=CS.S=COCc1ccccc1.S=COCc1ccccc1. The van der Waals surface area contributed by atoms with Gasteiger partial charge in [0.1, 0.15) is 24.3 Å². The van der Waals surface area contributed by atoms with Crippen molar-refractivity contribution in [3.05, 3.63) is 71.8 Å². The van der Waals surface area contributed by atoms with Crippen LogP contribution >= 0.6 is 37.1 Å². The zero-order valence-electron chi connectivity index (χ0n) is 12.4. The molecule has 0 aliphatic rings. The van der Waals surface area contributed by atoms with Crippen LogP contribution in [-0.4, -0.2) is 16.7 Å². The van der Waals surface area contributed by atoms with Crippen LogP contribution in [0.15, 0.2) is 60.7 Å². The van der Waals surface area contributed by atoms with Gasteiger partial charge >= 0.3 is 0 Å². The van der Waals surface area contributed by atoms with Crippen LogP contribution in [0.4, 0.5) is 0 Å². The number of carbonyl (C=O) groups excluding carboxylic acids is 1. The summed E-state index contributed by atoms with van der Waals surface area (Å²) in [6.07, 6.45) is 0. The van der Waals surface area contributed by atoms with Crippen LogP contribution in [0.3, 0.4) is 0 Å². The van der Waals surface area contributed by atoms with Crippen LogP contribution in [0.2, 0.25) is 0 Å². The Morgan fingerprint density at radius 3 is 1.35 bits per heavy atom. The van der Waals surface area contributed by atoms with Gasteiger partial charge in [0.05, 0.1) is 0 Å². The van der Waals surface area contributed by atoms with Gasteiger partial charge < -0.3 is 9.47 Å². The normalized spacial score (nSPS) is 8.22. The third kappa shape index (κ3) is 13.6. The Morgan fingerprint density at radius 2 is 1.09 bits per heavy atom. The third-order valence-electron chi connectivity index (χ3n) is 2.32. The molecule has 0 aliphatic carbocycles. The van der Waals surface area contributed by atoms with E-state index >= 15 is 0 Å². The molecule has 3 nitrogen and oxygen atoms in total. The summed E-state index contributed by atoms with van der Waals surface area (Å²) in [5, 5.41) is 0. The monoisotopic (exact) mass is 366 g/mol. The third-order valence-corrected chi connectivity index (χ3v) is 2.59. The molecule has 0 fully saturated rings. The Morgan fingerprint density at radius 1 is 0.783 bits per heavy atom. The number of thiocarbonyl (C=S) groups is 2. The van der Waals surface area contributed by atoms with Crippen molar-refractivity contribution in [1.82, 2.24) is 0 Å². The van der Waals surface area contributed by atoms with Crippen molar-refractivity contribution in [3.63, 3.8) is 0 Å². The highest BCUT2D eigenvalue weighted by molar-refractivity contribution is 7.94. The fourth-order valence-corrected chi connectivity index (χ4v) is 1.55. The zero-order valence-corrected chi connectivity index (χ0v) is 14.9. The van der Waals surface area contributed by atoms with E-state index in [2.05, 4.69) is 37.1 Å². The molecule has 2 rings (SSSR count). The van der Waals surface area contributed by atoms with E-state index in [-0.39, 0.29) is 0 Å². The lowest BCUT2D eigenvalue weighted by molar-refractivity contribution is 0.315. The Bertz CT molecular complexity index is 486. The molecule has 0 N–H and O–H groups in total. The van der Waals surface area contributed by atoms with E-state index in [0.717, 1.165) is 11.1 Å². The van der Waals surface area contributed by atoms with Gasteiger partial charge in [-0.25, -0.2) is 0 Å². The molecule has 2 aromatic rings. The van der Waals surface area contributed by atoms with Gasteiger partial charge in [0.15, 0.2) is 5.62 Å². The number of benzene rings is 2. The first-order valence-electron chi connectivity index (χ1n) is 6.54. The van der Waals surface area contributed by atoms with Crippen LogP contribution in [0.25, 0.3) is 0 Å². The Balaban J connectivity index is 0.000000360. The molecule has 0 aliphatic heterocycles. The van der Waals surface area contributed by atoms with E-state index < -0.39 is 0 Å². The van der Waals surface area contributed by atoms with E-state index in [1.807, 2.05) is 60.7 Å². The number of hydrogen-bond donors (Lipinski definition) is 1. The molecule has 23 heavy (non-hydrogen) atoms. The maximum atomic E-state index is 8.67. The molecular formula is C17H18O3S3. The number of carbonyl (C=O) groups is 1. The summed E-state index contributed by atoms with van der Waals surface area (Å²) >= 11 is 12.1. The van der Waals surface area contributed by atoms with Crippen molar-refractivity contribution in [2.45, 2.75) is 13.2 Å². The van der Waals surface area contributed by atoms with Gasteiger partial charge in [-0.3, -0.25) is 4.79 Å². The first-order chi connectivity index (χ1) is 11.3. The minimum Gasteiger partial charge on any atom is -0.485 e. The van der Waals surface area contributed by atoms with Gasteiger partial charge in [0.2, 0.25) is 0 Å². The van der Waals surface area contributed by atoms with Crippen molar-refractivity contribution in [3.8, 4) is 0 Å². The van der Waals surface area contributed by atoms with E-state index in [1.54, 1.807) is 0 Å². The summed E-state index contributed by atoms with van der Waals surface area (Å²) in [4.78, 5) is 8.67. The molecule has 0 unspecified atom stereocenters. The molecule has 0 atom stereocenters. The molecule has 0 heterocycles. The van der Waals surface area contributed by atoms with Gasteiger partial charge in [-0.2, -0.15) is 0 Å². The van der Waals surface area contributed by atoms with Gasteiger partial charge in [0, 0.05) is 0 Å². The van der Waals surface area contributed by atoms with E-state index in [9.17, 15) is 0 Å². The number of hydrogen-bond acceptors (Lipinski definition) is 5. The highest BCUT2D eigenvalue weighted by atomic mass is 32.1. The highest BCUT2D eigenvalue weighted by Gasteiger charge is 1.87. The Kier molecular flexibility index (Phi) is 15.3. The van der Waals surface area contributed by atoms with E-state index in [1.165, 1.54) is 11.1 Å². The maximum absolute atomic E-state index is 8.67. The van der Waals surface area contributed by atoms with Gasteiger partial charge in [-0.1, -0.05) is 60.7 Å². The Hall–Kier alpha value is -1.76. The fourth-order valence-electron chi connectivity index (χ4n) is 1.41. The summed E-state index contributed by atoms with van der Waals surface area (Å²) in [6.45, 7) is 1.15. The first-order valence-corrected chi connectivity index (χ1v) is 8.00. The molecular weight excluding hydrogens is 348 g/mol. The quantitative estimate of drug-likeness (QED) is 0.465. The standard InChI is InChI=1S/2C8H8OS.CH2OS/c2*10-7-9-6-8-4-2-1-3-5-8;2-1-3/h2*1-5,7H,6H2;1H,(H,2,3). The summed E-state index contributed by atoms with van der Waals surface area (Å²) in [6, 6.07) is 19.8. The van der Waals surface area contributed by atoms with Gasteiger partial charge in [-0.05, 0) is 35.6 Å². The second-order valence-electron chi connectivity index (χ2n) is 3.89. The van der Waals surface area contributed by atoms with E-state index in [0.29, 0.717) is 18.8 Å². The molecule has 0 saturated carbocycles. The Labute approximate surface area is 153 Å². The number of rotatable bonds is 6. The van der Waals surface area contributed by atoms with Crippen LogP contribution in [-0.2, 0) is 27.5 Å². The van der Waals surface area contributed by atoms with Crippen LogP contribution in [0.5, 0.6) is 0 Å². The predicted octanol–water partition coefficient (Wildman–Crippen LogP) is 4.43. The highest BCUT2D eigenvalue weighted by Crippen LogP contribution is 1.99. The average Bonchev–Trinajstić information content (AvgIpc) is 2.61. The van der Waals surface area contributed by atoms with Crippen molar-refractivity contribution in [2.75, 3.05) is 0 Å². The minimum absolute atomic E-state index is 0.444. The molecule has 0 amide bonds. The number of ether oxygens (including phenoxy) is 2. The van der Waals surface area contributed by atoms with E-state index in [4.69, 9.17) is 14.3 Å². The van der Waals surface area contributed by atoms with Crippen molar-refractivity contribution in [2.24, 2.45) is 0 Å². The van der Waals surface area contributed by atoms with Crippen LogP contribution in [0.1, 0.15) is 11.1 Å². The summed E-state index contributed by atoms with van der Waals surface area (Å²) in [7, 11) is 0. The molecule has 0 radical (unpaired) electrons. The van der Waals surface area contributed by atoms with Crippen molar-refractivity contribution < 1.29 is 14.3 Å². The van der Waals surface area contributed by atoms with Gasteiger partial charge in [0.25, 0.3) is 0 Å². The molecule has 6 heteroatoms. The largest absolute Gasteiger partial charge is 0.485 e. The lowest BCUT2D eigenvalue weighted by Gasteiger charge is -1.97. The predicted molar refractivity (Wildman–Crippen MR) is 106 cm³/mol. The molecule has 0 aromatic heterocycles. The zero-order chi connectivity index (χ0) is 17.2. The smallest absolute Gasteiger partial charge is 0.173 e. The fraction of sp³-hybridized carbons (Fsp3) is 0.118. The molecule has 122 valence electrons. The van der Waals surface area contributed by atoms with Crippen molar-refractivity contribution in [1.29, 1.82) is 0 Å². The lowest BCUT2D eigenvalue weighted by atomic mass is 10.2. The number of thiol groups is 1.